The zero-order chi connectivity index (χ0) is 23.1. The van der Waals surface area contributed by atoms with Crippen molar-refractivity contribution >= 4 is 25.5 Å². The van der Waals surface area contributed by atoms with Crippen LogP contribution in [0.15, 0.2) is 46.2 Å². The normalized spacial score (nSPS) is 12.1. The lowest BCUT2D eigenvalue weighted by atomic mass is 9.92. The van der Waals surface area contributed by atoms with E-state index >= 15 is 0 Å². The number of H-pyrrole nitrogens is 1. The molecule has 0 bridgehead atoms. The van der Waals surface area contributed by atoms with Crippen LogP contribution < -0.4 is 0 Å². The van der Waals surface area contributed by atoms with Crippen LogP contribution >= 0.6 is 0 Å². The molecular weight excluding hydrogens is 440 g/mol. The zero-order valence-corrected chi connectivity index (χ0v) is 19.1. The first-order valence-electron chi connectivity index (χ1n) is 9.31. The maximum Gasteiger partial charge on any atom is 0.218 e. The highest BCUT2D eigenvalue weighted by Gasteiger charge is 2.26. The number of aromatic hydroxyl groups is 1. The molecule has 1 aromatic heterocycles. The average Bonchev–Trinajstić information content (AvgIpc) is 3.06. The Morgan fingerprint density at radius 3 is 2.13 bits per heavy atom. The number of ketones is 1. The summed E-state index contributed by atoms with van der Waals surface area (Å²) in [6.07, 6.45) is 2.56. The number of hydrogen-bond donors (Lipinski definition) is 2. The molecule has 0 fully saturated rings. The number of aryl methyl sites for hydroxylation is 1. The SMILES string of the molecule is CCc1n[nH]c(O)c1C(=O)c1ccc(S(C)(=O)=O)c(-c2ccc(S(C)(=O)=O)cc2)c1C. The van der Waals surface area contributed by atoms with E-state index in [4.69, 9.17) is 0 Å². The Morgan fingerprint density at radius 2 is 1.61 bits per heavy atom. The third-order valence-corrected chi connectivity index (χ3v) is 7.29. The second-order valence-electron chi connectivity index (χ2n) is 7.26. The number of carbonyl (C=O) groups is 1. The highest BCUT2D eigenvalue weighted by molar-refractivity contribution is 7.91. The van der Waals surface area contributed by atoms with Gasteiger partial charge in [0.1, 0.15) is 5.56 Å². The van der Waals surface area contributed by atoms with Gasteiger partial charge in [0.25, 0.3) is 0 Å². The number of nitrogens with zero attached hydrogens (tertiary/aromatic N) is 1. The molecular formula is C21H22N2O6S2. The van der Waals surface area contributed by atoms with E-state index in [1.807, 2.05) is 0 Å². The molecule has 10 heteroatoms. The summed E-state index contributed by atoms with van der Waals surface area (Å²) < 4.78 is 48.4. The summed E-state index contributed by atoms with van der Waals surface area (Å²) in [5.41, 5.74) is 1.79. The zero-order valence-electron chi connectivity index (χ0n) is 17.4. The molecule has 2 aromatic carbocycles. The lowest BCUT2D eigenvalue weighted by molar-refractivity contribution is 0.103. The molecule has 164 valence electrons. The monoisotopic (exact) mass is 462 g/mol. The Labute approximate surface area is 180 Å². The van der Waals surface area contributed by atoms with Crippen LogP contribution in [0.2, 0.25) is 0 Å². The Morgan fingerprint density at radius 1 is 1.00 bits per heavy atom. The summed E-state index contributed by atoms with van der Waals surface area (Å²) in [6, 6.07) is 8.55. The molecule has 0 atom stereocenters. The molecule has 0 radical (unpaired) electrons. The van der Waals surface area contributed by atoms with E-state index in [9.17, 15) is 26.7 Å². The van der Waals surface area contributed by atoms with Gasteiger partial charge in [-0.25, -0.2) is 21.9 Å². The van der Waals surface area contributed by atoms with Crippen molar-refractivity contribution in [2.24, 2.45) is 0 Å². The Balaban J connectivity index is 2.27. The van der Waals surface area contributed by atoms with Crippen LogP contribution in [0.4, 0.5) is 0 Å². The van der Waals surface area contributed by atoms with E-state index in [1.54, 1.807) is 13.8 Å². The van der Waals surface area contributed by atoms with E-state index in [2.05, 4.69) is 10.2 Å². The number of aromatic amines is 1. The lowest BCUT2D eigenvalue weighted by Crippen LogP contribution is -2.10. The molecule has 3 aromatic rings. The number of aromatic nitrogens is 2. The van der Waals surface area contributed by atoms with E-state index in [1.165, 1.54) is 36.4 Å². The number of benzene rings is 2. The van der Waals surface area contributed by atoms with Gasteiger partial charge < -0.3 is 5.11 Å². The van der Waals surface area contributed by atoms with E-state index in [0.717, 1.165) is 12.5 Å². The summed E-state index contributed by atoms with van der Waals surface area (Å²) >= 11 is 0. The minimum Gasteiger partial charge on any atom is -0.493 e. The molecule has 0 aliphatic heterocycles. The van der Waals surface area contributed by atoms with Crippen molar-refractivity contribution in [2.75, 3.05) is 12.5 Å². The summed E-state index contributed by atoms with van der Waals surface area (Å²) in [5, 5.41) is 16.4. The van der Waals surface area contributed by atoms with Gasteiger partial charge in [-0.2, -0.15) is 5.10 Å². The number of sulfone groups is 2. The molecule has 0 unspecified atom stereocenters. The molecule has 8 nitrogen and oxygen atoms in total. The molecule has 1 heterocycles. The molecule has 3 rings (SSSR count). The van der Waals surface area contributed by atoms with Crippen LogP contribution in [0, 0.1) is 6.92 Å². The first-order valence-corrected chi connectivity index (χ1v) is 13.1. The second kappa shape index (κ2) is 7.93. The molecule has 0 aliphatic rings. The average molecular weight is 463 g/mol. The van der Waals surface area contributed by atoms with Crippen LogP contribution in [0.5, 0.6) is 5.88 Å². The van der Waals surface area contributed by atoms with Gasteiger partial charge in [-0.05, 0) is 48.7 Å². The van der Waals surface area contributed by atoms with Crippen molar-refractivity contribution < 1.29 is 26.7 Å². The van der Waals surface area contributed by atoms with E-state index < -0.39 is 25.5 Å². The van der Waals surface area contributed by atoms with Gasteiger partial charge in [-0.15, -0.1) is 0 Å². The predicted octanol–water partition coefficient (Wildman–Crippen LogP) is 2.69. The summed E-state index contributed by atoms with van der Waals surface area (Å²) in [7, 11) is -7.08. The van der Waals surface area contributed by atoms with Crippen LogP contribution in [0.25, 0.3) is 11.1 Å². The molecule has 0 spiro atoms. The first-order chi connectivity index (χ1) is 14.4. The Kier molecular flexibility index (Phi) is 5.81. The number of nitrogens with one attached hydrogen (secondary N) is 1. The third kappa shape index (κ3) is 4.26. The fourth-order valence-corrected chi connectivity index (χ4v) is 5.05. The minimum atomic E-state index is -3.66. The summed E-state index contributed by atoms with van der Waals surface area (Å²) in [5.74, 6) is -0.845. The quantitative estimate of drug-likeness (QED) is 0.538. The molecule has 2 N–H and O–H groups in total. The highest BCUT2D eigenvalue weighted by atomic mass is 32.2. The van der Waals surface area contributed by atoms with Gasteiger partial charge in [-0.1, -0.05) is 19.1 Å². The molecule has 31 heavy (non-hydrogen) atoms. The Bertz CT molecular complexity index is 1390. The minimum absolute atomic E-state index is 0.0146. The van der Waals surface area contributed by atoms with Crippen molar-refractivity contribution in [2.45, 2.75) is 30.1 Å². The summed E-state index contributed by atoms with van der Waals surface area (Å²) in [6.45, 7) is 3.41. The number of carbonyl (C=O) groups excluding carboxylic acids is 1. The molecule has 0 amide bonds. The highest BCUT2D eigenvalue weighted by Crippen LogP contribution is 2.35. The van der Waals surface area contributed by atoms with Crippen molar-refractivity contribution in [3.63, 3.8) is 0 Å². The largest absolute Gasteiger partial charge is 0.493 e. The number of hydrogen-bond acceptors (Lipinski definition) is 7. The van der Waals surface area contributed by atoms with Crippen molar-refractivity contribution in [3.8, 4) is 17.0 Å². The van der Waals surface area contributed by atoms with Gasteiger partial charge in [-0.3, -0.25) is 4.79 Å². The van der Waals surface area contributed by atoms with E-state index in [-0.39, 0.29) is 26.8 Å². The maximum absolute atomic E-state index is 13.2. The smallest absolute Gasteiger partial charge is 0.218 e. The number of rotatable bonds is 6. The maximum atomic E-state index is 13.2. The van der Waals surface area contributed by atoms with E-state index in [0.29, 0.717) is 28.8 Å². The molecule has 0 saturated heterocycles. The Hall–Kier alpha value is -2.98. The van der Waals surface area contributed by atoms with Crippen molar-refractivity contribution in [3.05, 3.63) is 58.8 Å². The standard InChI is InChI=1S/C21H22N2O6S2/c1-5-16-19(21(25)23-22-16)20(24)15-10-11-17(31(4,28)29)18(12(15)2)13-6-8-14(9-7-13)30(3,26)27/h6-11H,5H2,1-4H3,(H2,22,23,25). The summed E-state index contributed by atoms with van der Waals surface area (Å²) in [4.78, 5) is 13.3. The van der Waals surface area contributed by atoms with Gasteiger partial charge >= 0.3 is 0 Å². The van der Waals surface area contributed by atoms with Crippen LogP contribution in [0.1, 0.15) is 34.1 Å². The van der Waals surface area contributed by atoms with Gasteiger partial charge in [0.15, 0.2) is 19.7 Å². The van der Waals surface area contributed by atoms with Gasteiger partial charge in [0.05, 0.1) is 15.5 Å². The predicted molar refractivity (Wildman–Crippen MR) is 116 cm³/mol. The fraction of sp³-hybridized carbons (Fsp3) is 0.238. The van der Waals surface area contributed by atoms with Gasteiger partial charge in [0.2, 0.25) is 11.7 Å². The van der Waals surface area contributed by atoms with Crippen LogP contribution in [-0.4, -0.2) is 50.4 Å². The van der Waals surface area contributed by atoms with Crippen LogP contribution in [-0.2, 0) is 26.1 Å². The topological polar surface area (TPSA) is 134 Å². The van der Waals surface area contributed by atoms with Crippen molar-refractivity contribution in [1.29, 1.82) is 0 Å². The molecule has 0 saturated carbocycles. The lowest BCUT2D eigenvalue weighted by Gasteiger charge is -2.16. The van der Waals surface area contributed by atoms with Crippen LogP contribution in [0.3, 0.4) is 0 Å². The second-order valence-corrected chi connectivity index (χ2v) is 11.3. The first kappa shape index (κ1) is 22.7. The fourth-order valence-electron chi connectivity index (χ4n) is 3.47. The van der Waals surface area contributed by atoms with Gasteiger partial charge in [0, 0.05) is 23.6 Å². The third-order valence-electron chi connectivity index (χ3n) is 5.03. The molecule has 0 aliphatic carbocycles. The van der Waals surface area contributed by atoms with Crippen molar-refractivity contribution in [1.82, 2.24) is 10.2 Å².